The van der Waals surface area contributed by atoms with Crippen LogP contribution in [0.3, 0.4) is 0 Å². The van der Waals surface area contributed by atoms with Crippen molar-refractivity contribution in [2.24, 2.45) is 4.99 Å². The van der Waals surface area contributed by atoms with E-state index in [0.717, 1.165) is 6.07 Å². The Kier molecular flexibility index (Phi) is 8.30. The van der Waals surface area contributed by atoms with Crippen molar-refractivity contribution in [2.75, 3.05) is 0 Å². The lowest BCUT2D eigenvalue weighted by Crippen LogP contribution is -2.47. The standard InChI is InChI=1S/C19H25BrF3N3O4/c1-17(2,3)29-15(27)25-14(26-16(28)30-18(4,5)6)24-10-11-7-8-12(13(20)9-11)19(21,22)23/h7-9H,10H2,1-6H3,(H2,24,25,26,27,28). The van der Waals surface area contributed by atoms with Gasteiger partial charge in [-0.1, -0.05) is 22.0 Å². The zero-order chi connectivity index (χ0) is 23.3. The number of alkyl halides is 3. The molecule has 0 fully saturated rings. The molecule has 2 amide bonds. The Balaban J connectivity index is 3.02. The van der Waals surface area contributed by atoms with Gasteiger partial charge in [0, 0.05) is 4.47 Å². The van der Waals surface area contributed by atoms with Crippen LogP contribution < -0.4 is 10.6 Å². The highest BCUT2D eigenvalue weighted by Crippen LogP contribution is 2.35. The number of guanidine groups is 1. The van der Waals surface area contributed by atoms with Crippen LogP contribution in [0.5, 0.6) is 0 Å². The number of halogens is 4. The van der Waals surface area contributed by atoms with Crippen molar-refractivity contribution in [3.05, 3.63) is 33.8 Å². The molecule has 7 nitrogen and oxygen atoms in total. The number of hydrogen-bond donors (Lipinski definition) is 2. The summed E-state index contributed by atoms with van der Waals surface area (Å²) in [6, 6.07) is 3.41. The topological polar surface area (TPSA) is 89.0 Å². The van der Waals surface area contributed by atoms with E-state index in [4.69, 9.17) is 9.47 Å². The SMILES string of the molecule is CC(C)(C)OC(=O)NC(=NCc1ccc(C(F)(F)F)c(Br)c1)NC(=O)OC(C)(C)C. The van der Waals surface area contributed by atoms with Crippen LogP contribution in [0.2, 0.25) is 0 Å². The first kappa shape index (κ1) is 25.7. The highest BCUT2D eigenvalue weighted by Gasteiger charge is 2.32. The van der Waals surface area contributed by atoms with Crippen molar-refractivity contribution in [2.45, 2.75) is 65.5 Å². The van der Waals surface area contributed by atoms with Gasteiger partial charge in [-0.2, -0.15) is 13.2 Å². The molecule has 0 aromatic heterocycles. The number of hydrogen-bond acceptors (Lipinski definition) is 5. The number of ether oxygens (including phenoxy) is 2. The third-order valence-corrected chi connectivity index (χ3v) is 3.65. The third-order valence-electron chi connectivity index (χ3n) is 3.00. The number of benzene rings is 1. The first-order valence-electron chi connectivity index (χ1n) is 8.86. The molecular weight excluding hydrogens is 471 g/mol. The van der Waals surface area contributed by atoms with Crippen LogP contribution >= 0.6 is 15.9 Å². The lowest BCUT2D eigenvalue weighted by atomic mass is 10.1. The molecule has 0 spiro atoms. The predicted octanol–water partition coefficient (Wildman–Crippen LogP) is 5.37. The summed E-state index contributed by atoms with van der Waals surface area (Å²) in [7, 11) is 0. The highest BCUT2D eigenvalue weighted by atomic mass is 79.9. The van der Waals surface area contributed by atoms with Gasteiger partial charge in [-0.25, -0.2) is 14.6 Å². The van der Waals surface area contributed by atoms with E-state index in [1.165, 1.54) is 12.1 Å². The van der Waals surface area contributed by atoms with Gasteiger partial charge in [0.05, 0.1) is 12.1 Å². The number of alkyl carbamates (subject to hydrolysis) is 2. The van der Waals surface area contributed by atoms with Gasteiger partial charge >= 0.3 is 18.4 Å². The van der Waals surface area contributed by atoms with E-state index >= 15 is 0 Å². The Bertz CT molecular complexity index is 781. The monoisotopic (exact) mass is 495 g/mol. The van der Waals surface area contributed by atoms with E-state index in [9.17, 15) is 22.8 Å². The van der Waals surface area contributed by atoms with Crippen molar-refractivity contribution in [3.63, 3.8) is 0 Å². The molecule has 0 aliphatic carbocycles. The molecule has 0 aliphatic heterocycles. The average molecular weight is 496 g/mol. The van der Waals surface area contributed by atoms with Crippen LogP contribution in [0.15, 0.2) is 27.7 Å². The van der Waals surface area contributed by atoms with Crippen LogP contribution in [-0.4, -0.2) is 29.3 Å². The second-order valence-corrected chi connectivity index (χ2v) is 9.08. The molecule has 0 saturated carbocycles. The zero-order valence-corrected chi connectivity index (χ0v) is 19.1. The largest absolute Gasteiger partial charge is 0.444 e. The van der Waals surface area contributed by atoms with Crippen molar-refractivity contribution >= 4 is 34.1 Å². The van der Waals surface area contributed by atoms with E-state index < -0.39 is 35.1 Å². The molecule has 1 aromatic carbocycles. The van der Waals surface area contributed by atoms with Gasteiger partial charge in [-0.15, -0.1) is 0 Å². The summed E-state index contributed by atoms with van der Waals surface area (Å²) in [5.41, 5.74) is -2.00. The molecule has 1 aromatic rings. The maximum Gasteiger partial charge on any atom is 0.417 e. The Morgan fingerprint density at radius 2 is 1.43 bits per heavy atom. The van der Waals surface area contributed by atoms with E-state index in [2.05, 4.69) is 31.6 Å². The van der Waals surface area contributed by atoms with E-state index in [1.807, 2.05) is 0 Å². The van der Waals surface area contributed by atoms with E-state index in [0.29, 0.717) is 5.56 Å². The molecule has 0 atom stereocenters. The Morgan fingerprint density at radius 3 is 1.80 bits per heavy atom. The van der Waals surface area contributed by atoms with Gasteiger partial charge in [0.25, 0.3) is 0 Å². The van der Waals surface area contributed by atoms with Crippen LogP contribution in [0, 0.1) is 0 Å². The molecule has 1 rings (SSSR count). The quantitative estimate of drug-likeness (QED) is 0.426. The number of amides is 2. The van der Waals surface area contributed by atoms with Crippen molar-refractivity contribution in [3.8, 4) is 0 Å². The molecule has 0 aliphatic rings. The molecule has 168 valence electrons. The molecule has 0 heterocycles. The normalized spacial score (nSPS) is 12.1. The molecule has 30 heavy (non-hydrogen) atoms. The maximum atomic E-state index is 12.9. The van der Waals surface area contributed by atoms with Crippen molar-refractivity contribution < 1.29 is 32.2 Å². The molecule has 0 radical (unpaired) electrons. The summed E-state index contributed by atoms with van der Waals surface area (Å²) in [6.45, 7) is 9.82. The van der Waals surface area contributed by atoms with Crippen molar-refractivity contribution in [1.29, 1.82) is 0 Å². The summed E-state index contributed by atoms with van der Waals surface area (Å²) in [6.07, 6.45) is -6.24. The Labute approximate surface area is 181 Å². The summed E-state index contributed by atoms with van der Waals surface area (Å²) >= 11 is 2.89. The molecular formula is C19H25BrF3N3O4. The minimum Gasteiger partial charge on any atom is -0.444 e. The van der Waals surface area contributed by atoms with Gasteiger partial charge in [-0.3, -0.25) is 10.6 Å². The molecule has 11 heteroatoms. The lowest BCUT2D eigenvalue weighted by molar-refractivity contribution is -0.138. The van der Waals surface area contributed by atoms with Crippen LogP contribution in [0.25, 0.3) is 0 Å². The van der Waals surface area contributed by atoms with Crippen LogP contribution in [0.1, 0.15) is 52.7 Å². The van der Waals surface area contributed by atoms with Gasteiger partial charge in [-0.05, 0) is 59.2 Å². The van der Waals surface area contributed by atoms with Gasteiger partial charge in [0.15, 0.2) is 0 Å². The van der Waals surface area contributed by atoms with Crippen LogP contribution in [0.4, 0.5) is 22.8 Å². The first-order valence-corrected chi connectivity index (χ1v) is 9.66. The summed E-state index contributed by atoms with van der Waals surface area (Å²) in [5, 5.41) is 4.59. The molecule has 2 N–H and O–H groups in total. The summed E-state index contributed by atoms with van der Waals surface area (Å²) < 4.78 is 48.7. The van der Waals surface area contributed by atoms with E-state index in [1.54, 1.807) is 41.5 Å². The van der Waals surface area contributed by atoms with Gasteiger partial charge < -0.3 is 9.47 Å². The minimum absolute atomic E-state index is 0.127. The zero-order valence-electron chi connectivity index (χ0n) is 17.5. The molecule has 0 saturated heterocycles. The smallest absolute Gasteiger partial charge is 0.417 e. The van der Waals surface area contributed by atoms with Gasteiger partial charge in [0.2, 0.25) is 5.96 Å². The fourth-order valence-electron chi connectivity index (χ4n) is 1.97. The van der Waals surface area contributed by atoms with E-state index in [-0.39, 0.29) is 17.0 Å². The average Bonchev–Trinajstić information content (AvgIpc) is 2.47. The fourth-order valence-corrected chi connectivity index (χ4v) is 2.62. The molecule has 0 unspecified atom stereocenters. The minimum atomic E-state index is -4.50. The summed E-state index contributed by atoms with van der Waals surface area (Å²) in [4.78, 5) is 28.1. The Hall–Kier alpha value is -2.30. The number of rotatable bonds is 2. The lowest BCUT2D eigenvalue weighted by Gasteiger charge is -2.22. The van der Waals surface area contributed by atoms with Crippen LogP contribution in [-0.2, 0) is 22.2 Å². The highest BCUT2D eigenvalue weighted by molar-refractivity contribution is 9.10. The second-order valence-electron chi connectivity index (χ2n) is 8.23. The van der Waals surface area contributed by atoms with Crippen molar-refractivity contribution in [1.82, 2.24) is 10.6 Å². The number of aliphatic imine (C=N–C) groups is 1. The fraction of sp³-hybridized carbons (Fsp3) is 0.526. The number of nitrogens with zero attached hydrogens (tertiary/aromatic N) is 1. The Morgan fingerprint density at radius 1 is 0.967 bits per heavy atom. The molecule has 0 bridgehead atoms. The summed E-state index contributed by atoms with van der Waals surface area (Å²) in [5.74, 6) is -0.269. The first-order chi connectivity index (χ1) is 13.5. The number of carbonyl (C=O) groups excluding carboxylic acids is 2. The maximum absolute atomic E-state index is 12.9. The second kappa shape index (κ2) is 9.67. The number of nitrogens with one attached hydrogen (secondary N) is 2. The van der Waals surface area contributed by atoms with Gasteiger partial charge in [0.1, 0.15) is 11.2 Å². The predicted molar refractivity (Wildman–Crippen MR) is 109 cm³/mol. The number of carbonyl (C=O) groups is 2. The third kappa shape index (κ3) is 9.95.